The number of ether oxygens (including phenoxy) is 3. The maximum atomic E-state index is 12.5. The first kappa shape index (κ1) is 29.5. The number of aliphatic hydroxyl groups excluding tert-OH is 1. The summed E-state index contributed by atoms with van der Waals surface area (Å²) in [6, 6.07) is 3.28. The molecular formula is C33H49NO7. The molecule has 1 aromatic heterocycles. The van der Waals surface area contributed by atoms with Crippen molar-refractivity contribution in [1.82, 2.24) is 0 Å². The van der Waals surface area contributed by atoms with E-state index in [9.17, 15) is 15.0 Å². The summed E-state index contributed by atoms with van der Waals surface area (Å²) in [4.78, 5) is 11.6. The van der Waals surface area contributed by atoms with Gasteiger partial charge in [-0.05, 0) is 112 Å². The lowest BCUT2D eigenvalue weighted by molar-refractivity contribution is -0.297. The van der Waals surface area contributed by atoms with Gasteiger partial charge in [0.05, 0.1) is 30.2 Å². The SMILES string of the molecule is COC(O)O[C@@H]1CC(N)[C@H](C)OC1CC1C=C2CCC3C(CCC4(C)C(c5ccc(=O)oc5)CCC34O)C2(C)CC1. The average molecular weight is 572 g/mol. The lowest BCUT2D eigenvalue weighted by Gasteiger charge is -2.62. The highest BCUT2D eigenvalue weighted by molar-refractivity contribution is 5.31. The van der Waals surface area contributed by atoms with Crippen LogP contribution in [0.1, 0.15) is 96.5 Å². The quantitative estimate of drug-likeness (QED) is 0.334. The van der Waals surface area contributed by atoms with Gasteiger partial charge in [-0.25, -0.2) is 4.79 Å². The lowest BCUT2D eigenvalue weighted by atomic mass is 9.44. The fraction of sp³-hybridized carbons (Fsp3) is 0.788. The molecule has 1 aliphatic heterocycles. The van der Waals surface area contributed by atoms with Crippen LogP contribution in [-0.4, -0.2) is 53.8 Å². The minimum Gasteiger partial charge on any atom is -0.431 e. The molecule has 0 radical (unpaired) electrons. The van der Waals surface area contributed by atoms with Crippen LogP contribution in [0.15, 0.2) is 39.3 Å². The molecule has 6 rings (SSSR count). The molecule has 8 heteroatoms. The molecule has 0 spiro atoms. The van der Waals surface area contributed by atoms with Crippen LogP contribution in [0.4, 0.5) is 0 Å². The van der Waals surface area contributed by atoms with E-state index in [4.69, 9.17) is 24.4 Å². The van der Waals surface area contributed by atoms with Gasteiger partial charge >= 0.3 is 5.63 Å². The normalized spacial score (nSPS) is 46.7. The van der Waals surface area contributed by atoms with Gasteiger partial charge in [0.15, 0.2) is 0 Å². The highest BCUT2D eigenvalue weighted by atomic mass is 16.8. The fourth-order valence-corrected chi connectivity index (χ4v) is 9.99. The predicted molar refractivity (Wildman–Crippen MR) is 154 cm³/mol. The molecule has 0 amide bonds. The molecular weight excluding hydrogens is 522 g/mol. The molecule has 4 aliphatic carbocycles. The lowest BCUT2D eigenvalue weighted by Crippen LogP contribution is -2.60. The van der Waals surface area contributed by atoms with Gasteiger partial charge in [0.25, 0.3) is 6.48 Å². The van der Waals surface area contributed by atoms with Crippen LogP contribution in [-0.2, 0) is 14.2 Å². The molecule has 0 aromatic carbocycles. The van der Waals surface area contributed by atoms with Gasteiger partial charge in [-0.2, -0.15) is 0 Å². The molecule has 8 nitrogen and oxygen atoms in total. The zero-order valence-corrected chi connectivity index (χ0v) is 25.1. The number of fused-ring (bicyclic) bond motifs is 5. The van der Waals surface area contributed by atoms with E-state index in [0.717, 1.165) is 63.4 Å². The summed E-state index contributed by atoms with van der Waals surface area (Å²) in [6.45, 7) is 5.47. The Morgan fingerprint density at radius 3 is 2.66 bits per heavy atom. The van der Waals surface area contributed by atoms with E-state index in [1.54, 1.807) is 11.8 Å². The Balaban J connectivity index is 1.19. The van der Waals surface area contributed by atoms with Gasteiger partial charge in [0.1, 0.15) is 0 Å². The number of rotatable bonds is 6. The second-order valence-corrected chi connectivity index (χ2v) is 14.3. The highest BCUT2D eigenvalue weighted by Gasteiger charge is 2.66. The standard InChI is InChI=1S/C33H49NO7/c1-19-26(34)17-28(41-30(36)38-4)27(40-19)16-20-9-12-31(2)22(15-20)6-7-25-24(31)10-13-32(3)23(11-14-33(25,32)37)21-5-8-29(35)39-18-21/h5,8,15,18-20,23-28,30,36-37H,6-7,9-14,16-17,34H2,1-4H3/t19-,20?,23?,24?,25?,26?,27?,28+,30?,31?,32?,33?/m0/s1. The number of hydrogen-bond donors (Lipinski definition) is 3. The minimum absolute atomic E-state index is 0.0593. The van der Waals surface area contributed by atoms with Crippen molar-refractivity contribution >= 4 is 0 Å². The van der Waals surface area contributed by atoms with Crippen molar-refractivity contribution in [2.45, 2.75) is 127 Å². The van der Waals surface area contributed by atoms with Crippen molar-refractivity contribution in [3.05, 3.63) is 46.0 Å². The van der Waals surface area contributed by atoms with Gasteiger partial charge < -0.3 is 34.6 Å². The monoisotopic (exact) mass is 571 g/mol. The van der Waals surface area contributed by atoms with Crippen molar-refractivity contribution in [3.8, 4) is 0 Å². The maximum Gasteiger partial charge on any atom is 0.335 e. The molecule has 41 heavy (non-hydrogen) atoms. The van der Waals surface area contributed by atoms with E-state index >= 15 is 0 Å². The topological polar surface area (TPSA) is 124 Å². The van der Waals surface area contributed by atoms with Gasteiger partial charge in [-0.3, -0.25) is 0 Å². The Morgan fingerprint density at radius 1 is 1.12 bits per heavy atom. The number of hydrogen-bond acceptors (Lipinski definition) is 8. The Hall–Kier alpha value is -1.55. The number of allylic oxidation sites excluding steroid dienone is 2. The van der Waals surface area contributed by atoms with Crippen molar-refractivity contribution in [2.24, 2.45) is 34.3 Å². The van der Waals surface area contributed by atoms with Gasteiger partial charge in [0, 0.05) is 24.6 Å². The summed E-state index contributed by atoms with van der Waals surface area (Å²) in [7, 11) is 1.42. The second kappa shape index (κ2) is 10.9. The summed E-state index contributed by atoms with van der Waals surface area (Å²) in [5.41, 5.74) is 7.72. The van der Waals surface area contributed by atoms with Crippen molar-refractivity contribution in [2.75, 3.05) is 7.11 Å². The summed E-state index contributed by atoms with van der Waals surface area (Å²) in [5, 5.41) is 22.5. The molecule has 228 valence electrons. The first-order valence-corrected chi connectivity index (χ1v) is 15.8. The largest absolute Gasteiger partial charge is 0.431 e. The van der Waals surface area contributed by atoms with Crippen LogP contribution >= 0.6 is 0 Å². The Bertz CT molecular complexity index is 1180. The third-order valence-corrected chi connectivity index (χ3v) is 12.5. The fourth-order valence-electron chi connectivity index (χ4n) is 9.99. The van der Waals surface area contributed by atoms with E-state index in [0.29, 0.717) is 18.3 Å². The van der Waals surface area contributed by atoms with Crippen LogP contribution in [0.25, 0.3) is 0 Å². The number of nitrogens with two attached hydrogens (primary N) is 1. The Kier molecular flexibility index (Phi) is 7.82. The van der Waals surface area contributed by atoms with Gasteiger partial charge in [-0.1, -0.05) is 25.5 Å². The van der Waals surface area contributed by atoms with Crippen LogP contribution in [0.2, 0.25) is 0 Å². The molecule has 4 N–H and O–H groups in total. The van der Waals surface area contributed by atoms with E-state index in [1.165, 1.54) is 13.2 Å². The molecule has 4 fully saturated rings. The minimum atomic E-state index is -1.28. The van der Waals surface area contributed by atoms with Crippen LogP contribution < -0.4 is 11.4 Å². The zero-order valence-electron chi connectivity index (χ0n) is 25.1. The Morgan fingerprint density at radius 2 is 1.93 bits per heavy atom. The van der Waals surface area contributed by atoms with Crippen LogP contribution in [0.5, 0.6) is 0 Å². The first-order valence-electron chi connectivity index (χ1n) is 15.8. The second-order valence-electron chi connectivity index (χ2n) is 14.3. The van der Waals surface area contributed by atoms with E-state index in [1.807, 2.05) is 13.0 Å². The van der Waals surface area contributed by atoms with Gasteiger partial charge in [0.2, 0.25) is 0 Å². The van der Waals surface area contributed by atoms with Gasteiger partial charge in [-0.15, -0.1) is 0 Å². The molecule has 0 bridgehead atoms. The molecule has 12 atom stereocenters. The van der Waals surface area contributed by atoms with Crippen molar-refractivity contribution in [3.63, 3.8) is 0 Å². The first-order chi connectivity index (χ1) is 19.5. The zero-order chi connectivity index (χ0) is 29.2. The smallest absolute Gasteiger partial charge is 0.335 e. The maximum absolute atomic E-state index is 12.5. The number of aliphatic hydroxyl groups is 2. The highest BCUT2D eigenvalue weighted by Crippen LogP contribution is 2.70. The van der Waals surface area contributed by atoms with Crippen molar-refractivity contribution in [1.29, 1.82) is 0 Å². The Labute approximate surface area is 243 Å². The summed E-state index contributed by atoms with van der Waals surface area (Å²) >= 11 is 0. The van der Waals surface area contributed by atoms with E-state index < -0.39 is 12.1 Å². The molecule has 3 saturated carbocycles. The molecule has 1 aromatic rings. The average Bonchev–Trinajstić information content (AvgIpc) is 3.23. The molecule has 2 heterocycles. The van der Waals surface area contributed by atoms with E-state index in [2.05, 4.69) is 19.9 Å². The molecule has 5 aliphatic rings. The van der Waals surface area contributed by atoms with Crippen LogP contribution in [0.3, 0.4) is 0 Å². The van der Waals surface area contributed by atoms with E-state index in [-0.39, 0.29) is 52.6 Å². The predicted octanol–water partition coefficient (Wildman–Crippen LogP) is 4.62. The molecule has 1 saturated heterocycles. The third kappa shape index (κ3) is 4.87. The van der Waals surface area contributed by atoms with Crippen molar-refractivity contribution < 1.29 is 28.8 Å². The summed E-state index contributed by atoms with van der Waals surface area (Å²) in [5.74, 6) is 1.33. The van der Waals surface area contributed by atoms with Crippen LogP contribution in [0, 0.1) is 28.6 Å². The third-order valence-electron chi connectivity index (χ3n) is 12.5. The summed E-state index contributed by atoms with van der Waals surface area (Å²) in [6.07, 6.45) is 13.1. The number of methoxy groups -OCH3 is 1. The summed E-state index contributed by atoms with van der Waals surface area (Å²) < 4.78 is 22.3. The molecule has 10 unspecified atom stereocenters.